The molecule has 0 saturated heterocycles. The number of amides is 1. The minimum atomic E-state index is -0.664. The molecule has 0 unspecified atom stereocenters. The lowest BCUT2D eigenvalue weighted by atomic mass is 10.3. The average molecular weight is 412 g/mol. The van der Waals surface area contributed by atoms with E-state index in [1.807, 2.05) is 18.2 Å². The highest BCUT2D eigenvalue weighted by Crippen LogP contribution is 2.15. The maximum atomic E-state index is 11.9. The molecule has 114 valence electrons. The fourth-order valence-corrected chi connectivity index (χ4v) is 2.22. The van der Waals surface area contributed by atoms with Crippen molar-refractivity contribution in [1.29, 1.82) is 0 Å². The largest absolute Gasteiger partial charge is 0.480 e. The van der Waals surface area contributed by atoms with Crippen molar-refractivity contribution in [2.45, 2.75) is 0 Å². The van der Waals surface area contributed by atoms with Gasteiger partial charge in [-0.2, -0.15) is 0 Å². The molecule has 1 aromatic carbocycles. The summed E-state index contributed by atoms with van der Waals surface area (Å²) in [5, 5.41) is 2.65. The van der Waals surface area contributed by atoms with E-state index < -0.39 is 11.9 Å². The highest BCUT2D eigenvalue weighted by atomic mass is 127. The number of halogens is 1. The maximum absolute atomic E-state index is 11.9. The first-order chi connectivity index (χ1) is 10.6. The lowest BCUT2D eigenvalue weighted by Gasteiger charge is -2.08. The van der Waals surface area contributed by atoms with Crippen LogP contribution in [0.3, 0.4) is 0 Å². The molecule has 1 amide bonds. The molecule has 0 bridgehead atoms. The van der Waals surface area contributed by atoms with Gasteiger partial charge in [-0.1, -0.05) is 6.07 Å². The smallest absolute Gasteiger partial charge is 0.344 e. The van der Waals surface area contributed by atoms with Crippen LogP contribution in [0.5, 0.6) is 5.88 Å². The SMILES string of the molecule is COc1ncccc1C(=O)OCC(=O)Nc1cccc(I)c1. The van der Waals surface area contributed by atoms with Crippen LogP contribution in [0.15, 0.2) is 42.6 Å². The first-order valence-electron chi connectivity index (χ1n) is 6.31. The molecule has 2 aromatic rings. The number of hydrogen-bond acceptors (Lipinski definition) is 5. The quantitative estimate of drug-likeness (QED) is 0.603. The molecule has 0 spiro atoms. The summed E-state index contributed by atoms with van der Waals surface area (Å²) in [5.74, 6) is -0.925. The Bertz CT molecular complexity index is 691. The molecule has 0 aliphatic heterocycles. The highest BCUT2D eigenvalue weighted by Gasteiger charge is 2.15. The second kappa shape index (κ2) is 7.74. The van der Waals surface area contributed by atoms with E-state index in [0.29, 0.717) is 5.69 Å². The van der Waals surface area contributed by atoms with Crippen LogP contribution >= 0.6 is 22.6 Å². The van der Waals surface area contributed by atoms with Gasteiger partial charge in [0.2, 0.25) is 5.88 Å². The topological polar surface area (TPSA) is 77.5 Å². The van der Waals surface area contributed by atoms with E-state index >= 15 is 0 Å². The third-order valence-electron chi connectivity index (χ3n) is 2.63. The summed E-state index contributed by atoms with van der Waals surface area (Å²) >= 11 is 2.14. The predicted molar refractivity (Wildman–Crippen MR) is 88.9 cm³/mol. The molecule has 6 nitrogen and oxygen atoms in total. The van der Waals surface area contributed by atoms with Gasteiger partial charge in [-0.05, 0) is 52.9 Å². The summed E-state index contributed by atoms with van der Waals surface area (Å²) in [7, 11) is 1.41. The van der Waals surface area contributed by atoms with Gasteiger partial charge < -0.3 is 14.8 Å². The minimum absolute atomic E-state index is 0.158. The molecular weight excluding hydrogens is 399 g/mol. The summed E-state index contributed by atoms with van der Waals surface area (Å²) in [6, 6.07) is 10.4. The van der Waals surface area contributed by atoms with Crippen LogP contribution in [0.25, 0.3) is 0 Å². The number of carbonyl (C=O) groups is 2. The summed E-state index contributed by atoms with van der Waals surface area (Å²) in [5.41, 5.74) is 0.818. The molecule has 0 atom stereocenters. The lowest BCUT2D eigenvalue weighted by molar-refractivity contribution is -0.119. The van der Waals surface area contributed by atoms with Crippen LogP contribution in [0.2, 0.25) is 0 Å². The Morgan fingerprint density at radius 2 is 2.09 bits per heavy atom. The number of methoxy groups -OCH3 is 1. The molecule has 22 heavy (non-hydrogen) atoms. The summed E-state index contributed by atoms with van der Waals surface area (Å²) in [4.78, 5) is 27.6. The number of anilines is 1. The first kappa shape index (κ1) is 16.2. The number of esters is 1. The minimum Gasteiger partial charge on any atom is -0.480 e. The molecule has 0 saturated carbocycles. The van der Waals surface area contributed by atoms with Crippen molar-refractivity contribution >= 4 is 40.2 Å². The average Bonchev–Trinajstić information content (AvgIpc) is 2.52. The van der Waals surface area contributed by atoms with E-state index in [4.69, 9.17) is 9.47 Å². The third-order valence-corrected chi connectivity index (χ3v) is 3.30. The Hall–Kier alpha value is -2.16. The number of benzene rings is 1. The molecule has 0 radical (unpaired) electrons. The lowest BCUT2D eigenvalue weighted by Crippen LogP contribution is -2.21. The van der Waals surface area contributed by atoms with E-state index in [1.54, 1.807) is 12.1 Å². The molecule has 1 aromatic heterocycles. The zero-order chi connectivity index (χ0) is 15.9. The maximum Gasteiger partial charge on any atom is 0.344 e. The number of ether oxygens (including phenoxy) is 2. The Balaban J connectivity index is 1.92. The number of pyridine rings is 1. The number of hydrogen-bond donors (Lipinski definition) is 1. The van der Waals surface area contributed by atoms with Gasteiger partial charge in [0.1, 0.15) is 5.56 Å². The van der Waals surface area contributed by atoms with Crippen molar-refractivity contribution in [1.82, 2.24) is 4.98 Å². The Labute approximate surface area is 141 Å². The fourth-order valence-electron chi connectivity index (χ4n) is 1.68. The molecule has 1 heterocycles. The second-order valence-electron chi connectivity index (χ2n) is 4.19. The van der Waals surface area contributed by atoms with Gasteiger partial charge in [0, 0.05) is 15.5 Å². The van der Waals surface area contributed by atoms with Crippen LogP contribution in [0, 0.1) is 3.57 Å². The van der Waals surface area contributed by atoms with E-state index in [2.05, 4.69) is 32.9 Å². The van der Waals surface area contributed by atoms with Crippen molar-refractivity contribution in [3.63, 3.8) is 0 Å². The second-order valence-corrected chi connectivity index (χ2v) is 5.44. The highest BCUT2D eigenvalue weighted by molar-refractivity contribution is 14.1. The van der Waals surface area contributed by atoms with E-state index in [-0.39, 0.29) is 18.1 Å². The fraction of sp³-hybridized carbons (Fsp3) is 0.133. The molecule has 7 heteroatoms. The van der Waals surface area contributed by atoms with E-state index in [0.717, 1.165) is 3.57 Å². The molecule has 0 aliphatic rings. The van der Waals surface area contributed by atoms with Gasteiger partial charge in [-0.3, -0.25) is 4.79 Å². The van der Waals surface area contributed by atoms with Crippen LogP contribution in [-0.2, 0) is 9.53 Å². The number of nitrogens with zero attached hydrogens (tertiary/aromatic N) is 1. The van der Waals surface area contributed by atoms with Crippen LogP contribution in [-0.4, -0.2) is 30.6 Å². The van der Waals surface area contributed by atoms with Crippen LogP contribution in [0.4, 0.5) is 5.69 Å². The Morgan fingerprint density at radius 1 is 1.27 bits per heavy atom. The van der Waals surface area contributed by atoms with Crippen molar-refractivity contribution in [2.75, 3.05) is 19.0 Å². The number of rotatable bonds is 5. The van der Waals surface area contributed by atoms with Crippen molar-refractivity contribution < 1.29 is 19.1 Å². The van der Waals surface area contributed by atoms with Gasteiger partial charge in [0.25, 0.3) is 5.91 Å². The zero-order valence-corrected chi connectivity index (χ0v) is 13.9. The van der Waals surface area contributed by atoms with Gasteiger partial charge in [0.15, 0.2) is 6.61 Å². The van der Waals surface area contributed by atoms with Crippen molar-refractivity contribution in [2.24, 2.45) is 0 Å². The Kier molecular flexibility index (Phi) is 5.70. The first-order valence-corrected chi connectivity index (χ1v) is 7.39. The molecule has 0 fully saturated rings. The summed E-state index contributed by atoms with van der Waals surface area (Å²) in [6.45, 7) is -0.387. The summed E-state index contributed by atoms with van der Waals surface area (Å²) in [6.07, 6.45) is 1.50. The van der Waals surface area contributed by atoms with Crippen molar-refractivity contribution in [3.05, 3.63) is 51.7 Å². The number of aromatic nitrogens is 1. The van der Waals surface area contributed by atoms with E-state index in [1.165, 1.54) is 19.4 Å². The number of nitrogens with one attached hydrogen (secondary N) is 1. The standard InChI is InChI=1S/C15H13IN2O4/c1-21-14-12(6-3-7-17-14)15(20)22-9-13(19)18-11-5-2-4-10(16)8-11/h2-8H,9H2,1H3,(H,18,19). The predicted octanol–water partition coefficient (Wildman–Crippen LogP) is 2.49. The van der Waals surface area contributed by atoms with Gasteiger partial charge in [-0.25, -0.2) is 9.78 Å². The molecule has 2 rings (SSSR count). The number of carbonyl (C=O) groups excluding carboxylic acids is 2. The van der Waals surface area contributed by atoms with Gasteiger partial charge in [0.05, 0.1) is 7.11 Å². The normalized spacial score (nSPS) is 9.91. The van der Waals surface area contributed by atoms with Crippen molar-refractivity contribution in [3.8, 4) is 5.88 Å². The van der Waals surface area contributed by atoms with Crippen LogP contribution < -0.4 is 10.1 Å². The zero-order valence-electron chi connectivity index (χ0n) is 11.7. The third kappa shape index (κ3) is 4.42. The molecule has 0 aliphatic carbocycles. The monoisotopic (exact) mass is 412 g/mol. The van der Waals surface area contributed by atoms with E-state index in [9.17, 15) is 9.59 Å². The molecular formula is C15H13IN2O4. The van der Waals surface area contributed by atoms with Gasteiger partial charge >= 0.3 is 5.97 Å². The Morgan fingerprint density at radius 3 is 2.82 bits per heavy atom. The van der Waals surface area contributed by atoms with Gasteiger partial charge in [-0.15, -0.1) is 0 Å². The molecule has 1 N–H and O–H groups in total. The van der Waals surface area contributed by atoms with Crippen LogP contribution in [0.1, 0.15) is 10.4 Å². The summed E-state index contributed by atoms with van der Waals surface area (Å²) < 4.78 is 10.9.